The lowest BCUT2D eigenvalue weighted by molar-refractivity contribution is 0.623. The number of hydrogen-bond acceptors (Lipinski definition) is 2. The highest BCUT2D eigenvalue weighted by Crippen LogP contribution is 2.01. The van der Waals surface area contributed by atoms with Gasteiger partial charge >= 0.3 is 0 Å². The van der Waals surface area contributed by atoms with E-state index in [-0.39, 0.29) is 15.6 Å². The molecule has 0 aliphatic heterocycles. The molecule has 0 amide bonds. The predicted molar refractivity (Wildman–Crippen MR) is 64.6 cm³/mol. The lowest BCUT2D eigenvalue weighted by Crippen LogP contribution is -2.29. The van der Waals surface area contributed by atoms with Crippen molar-refractivity contribution in [2.75, 3.05) is 0 Å². The molecule has 1 heterocycles. The van der Waals surface area contributed by atoms with Crippen LogP contribution in [-0.2, 0) is 6.54 Å². The Hall–Kier alpha value is -1.62. The minimum atomic E-state index is -0.303. The van der Waals surface area contributed by atoms with Crippen LogP contribution in [0.15, 0.2) is 50.5 Å². The Morgan fingerprint density at radius 1 is 1.19 bits per heavy atom. The Labute approximate surface area is 99.7 Å². The molecule has 82 valence electrons. The maximum Gasteiger partial charge on any atom is 0.279 e. The lowest BCUT2D eigenvalue weighted by Gasteiger charge is -2.05. The minimum Gasteiger partial charge on any atom is -0.268 e. The van der Waals surface area contributed by atoms with Gasteiger partial charge in [-0.25, -0.2) is 4.68 Å². The van der Waals surface area contributed by atoms with E-state index in [0.29, 0.717) is 6.54 Å². The number of nitrogens with zero attached hydrogens (tertiary/aromatic N) is 1. The van der Waals surface area contributed by atoms with Crippen molar-refractivity contribution in [2.45, 2.75) is 6.54 Å². The summed E-state index contributed by atoms with van der Waals surface area (Å²) in [4.78, 5) is 22.9. The summed E-state index contributed by atoms with van der Waals surface area (Å²) in [6, 6.07) is 10.7. The van der Waals surface area contributed by atoms with Crippen molar-refractivity contribution < 1.29 is 0 Å². The summed E-state index contributed by atoms with van der Waals surface area (Å²) in [5.41, 5.74) is 0.407. The molecule has 16 heavy (non-hydrogen) atoms. The van der Waals surface area contributed by atoms with E-state index in [9.17, 15) is 9.59 Å². The van der Waals surface area contributed by atoms with Gasteiger partial charge in [-0.1, -0.05) is 30.3 Å². The third-order valence-corrected chi connectivity index (χ3v) is 2.70. The highest BCUT2D eigenvalue weighted by molar-refractivity contribution is 9.10. The molecule has 4 nitrogen and oxygen atoms in total. The van der Waals surface area contributed by atoms with Gasteiger partial charge in [-0.05, 0) is 21.5 Å². The molecule has 0 atom stereocenters. The first-order valence-corrected chi connectivity index (χ1v) is 5.50. The predicted octanol–water partition coefficient (Wildman–Crippen LogP) is 1.35. The molecule has 1 aromatic heterocycles. The van der Waals surface area contributed by atoms with Crippen molar-refractivity contribution >= 4 is 15.9 Å². The van der Waals surface area contributed by atoms with Crippen LogP contribution in [-0.4, -0.2) is 9.78 Å². The number of aromatic nitrogens is 2. The van der Waals surface area contributed by atoms with E-state index in [1.165, 1.54) is 10.7 Å². The van der Waals surface area contributed by atoms with Crippen LogP contribution in [0, 0.1) is 0 Å². The first-order valence-electron chi connectivity index (χ1n) is 4.70. The molecule has 1 N–H and O–H groups in total. The minimum absolute atomic E-state index is 0.247. The first-order chi connectivity index (χ1) is 7.66. The van der Waals surface area contributed by atoms with Crippen LogP contribution in [0.1, 0.15) is 5.56 Å². The van der Waals surface area contributed by atoms with Crippen molar-refractivity contribution in [3.63, 3.8) is 0 Å². The van der Waals surface area contributed by atoms with Gasteiger partial charge in [0, 0.05) is 6.07 Å². The summed E-state index contributed by atoms with van der Waals surface area (Å²) in [5, 5.41) is 2.48. The highest BCUT2D eigenvalue weighted by Gasteiger charge is 2.03. The van der Waals surface area contributed by atoms with E-state index in [0.717, 1.165) is 5.56 Å². The molecule has 2 aromatic rings. The molecule has 0 radical (unpaired) electrons. The molecule has 0 saturated carbocycles. The number of aromatic amines is 1. The molecular formula is C11H9BrN2O2. The molecule has 0 aliphatic rings. The molecule has 0 saturated heterocycles. The van der Waals surface area contributed by atoms with Gasteiger partial charge in [0.2, 0.25) is 0 Å². The van der Waals surface area contributed by atoms with Crippen molar-refractivity contribution in [3.05, 3.63) is 67.1 Å². The van der Waals surface area contributed by atoms with Gasteiger partial charge in [0.1, 0.15) is 0 Å². The number of H-pyrrole nitrogens is 1. The molecule has 0 bridgehead atoms. The average molecular weight is 281 g/mol. The number of benzene rings is 1. The second kappa shape index (κ2) is 4.49. The molecule has 0 unspecified atom stereocenters. The summed E-state index contributed by atoms with van der Waals surface area (Å²) >= 11 is 3.06. The number of hydrogen-bond donors (Lipinski definition) is 1. The summed E-state index contributed by atoms with van der Waals surface area (Å²) in [7, 11) is 0. The van der Waals surface area contributed by atoms with Crippen LogP contribution in [0.25, 0.3) is 0 Å². The van der Waals surface area contributed by atoms with Gasteiger partial charge in [-0.3, -0.25) is 14.7 Å². The maximum absolute atomic E-state index is 11.7. The SMILES string of the molecule is O=c1cc(Br)c(=O)n(Cc2ccccc2)[nH]1. The van der Waals surface area contributed by atoms with Crippen LogP contribution >= 0.6 is 15.9 Å². The molecule has 0 aliphatic carbocycles. The van der Waals surface area contributed by atoms with E-state index in [2.05, 4.69) is 21.0 Å². The number of rotatable bonds is 2. The topological polar surface area (TPSA) is 54.9 Å². The van der Waals surface area contributed by atoms with Crippen LogP contribution in [0.3, 0.4) is 0 Å². The lowest BCUT2D eigenvalue weighted by atomic mass is 10.2. The van der Waals surface area contributed by atoms with Crippen LogP contribution < -0.4 is 11.1 Å². The molecule has 0 spiro atoms. The van der Waals surface area contributed by atoms with Crippen LogP contribution in [0.4, 0.5) is 0 Å². The molecule has 0 fully saturated rings. The zero-order chi connectivity index (χ0) is 11.5. The van der Waals surface area contributed by atoms with Crippen LogP contribution in [0.2, 0.25) is 0 Å². The first kappa shape index (κ1) is 10.9. The summed E-state index contributed by atoms with van der Waals surface area (Å²) in [6.07, 6.45) is 0. The highest BCUT2D eigenvalue weighted by atomic mass is 79.9. The summed E-state index contributed by atoms with van der Waals surface area (Å²) in [5.74, 6) is 0. The Morgan fingerprint density at radius 3 is 2.56 bits per heavy atom. The van der Waals surface area contributed by atoms with Gasteiger partial charge in [-0.2, -0.15) is 0 Å². The summed E-state index contributed by atoms with van der Waals surface area (Å²) < 4.78 is 1.55. The average Bonchev–Trinajstić information content (AvgIpc) is 2.27. The van der Waals surface area contributed by atoms with Crippen LogP contribution in [0.5, 0.6) is 0 Å². The van der Waals surface area contributed by atoms with Gasteiger partial charge in [-0.15, -0.1) is 0 Å². The third kappa shape index (κ3) is 2.30. The second-order valence-electron chi connectivity index (χ2n) is 3.35. The van der Waals surface area contributed by atoms with Gasteiger partial charge < -0.3 is 0 Å². The van der Waals surface area contributed by atoms with Gasteiger partial charge in [0.25, 0.3) is 11.1 Å². The van der Waals surface area contributed by atoms with E-state index < -0.39 is 0 Å². The largest absolute Gasteiger partial charge is 0.279 e. The Morgan fingerprint density at radius 2 is 1.88 bits per heavy atom. The molecule has 5 heteroatoms. The third-order valence-electron chi connectivity index (χ3n) is 2.14. The fourth-order valence-electron chi connectivity index (χ4n) is 1.40. The van der Waals surface area contributed by atoms with Crippen molar-refractivity contribution in [2.24, 2.45) is 0 Å². The molecular weight excluding hydrogens is 272 g/mol. The standard InChI is InChI=1S/C11H9BrN2O2/c12-9-6-10(15)13-14(11(9)16)7-8-4-2-1-3-5-8/h1-6H,7H2,(H,13,15). The van der Waals surface area contributed by atoms with Crippen molar-refractivity contribution in [1.82, 2.24) is 9.78 Å². The Bertz CT molecular complexity index is 601. The fraction of sp³-hybridized carbons (Fsp3) is 0.0909. The number of halogens is 1. The Balaban J connectivity index is 2.43. The van der Waals surface area contributed by atoms with E-state index in [1.54, 1.807) is 0 Å². The smallest absolute Gasteiger partial charge is 0.268 e. The quantitative estimate of drug-likeness (QED) is 0.903. The van der Waals surface area contributed by atoms with E-state index in [1.807, 2.05) is 30.3 Å². The Kier molecular flexibility index (Phi) is 3.05. The van der Waals surface area contributed by atoms with E-state index in [4.69, 9.17) is 0 Å². The zero-order valence-electron chi connectivity index (χ0n) is 8.31. The number of nitrogens with one attached hydrogen (secondary N) is 1. The van der Waals surface area contributed by atoms with Gasteiger partial charge in [0.15, 0.2) is 0 Å². The summed E-state index contributed by atoms with van der Waals surface area (Å²) in [6.45, 7) is 0.356. The maximum atomic E-state index is 11.7. The zero-order valence-corrected chi connectivity index (χ0v) is 9.90. The normalized spacial score (nSPS) is 10.3. The monoisotopic (exact) mass is 280 g/mol. The molecule has 2 rings (SSSR count). The second-order valence-corrected chi connectivity index (χ2v) is 4.20. The van der Waals surface area contributed by atoms with Gasteiger partial charge in [0.05, 0.1) is 11.0 Å². The fourth-order valence-corrected chi connectivity index (χ4v) is 1.82. The van der Waals surface area contributed by atoms with Crippen molar-refractivity contribution in [1.29, 1.82) is 0 Å². The van der Waals surface area contributed by atoms with Crippen molar-refractivity contribution in [3.8, 4) is 0 Å². The molecule has 1 aromatic carbocycles. The van der Waals surface area contributed by atoms with E-state index >= 15 is 0 Å².